The number of rotatable bonds is 4. The van der Waals surface area contributed by atoms with Crippen LogP contribution in [0.4, 0.5) is 0 Å². The van der Waals surface area contributed by atoms with Crippen LogP contribution < -0.4 is 0 Å². The first kappa shape index (κ1) is 11.4. The van der Waals surface area contributed by atoms with Crippen molar-refractivity contribution >= 4 is 5.78 Å². The van der Waals surface area contributed by atoms with Gasteiger partial charge in [0, 0.05) is 30.4 Å². The van der Waals surface area contributed by atoms with Crippen LogP contribution in [-0.4, -0.2) is 10.4 Å². The molecule has 2 rings (SSSR count). The van der Waals surface area contributed by atoms with Gasteiger partial charge in [-0.05, 0) is 37.7 Å². The van der Waals surface area contributed by atoms with Crippen molar-refractivity contribution in [2.75, 3.05) is 0 Å². The van der Waals surface area contributed by atoms with E-state index < -0.39 is 0 Å². The molecule has 0 fully saturated rings. The second-order valence-corrected chi connectivity index (χ2v) is 5.18. The third kappa shape index (κ3) is 2.37. The lowest BCUT2D eigenvalue weighted by Gasteiger charge is -2.15. The van der Waals surface area contributed by atoms with E-state index in [1.165, 1.54) is 18.5 Å². The normalized spacial score (nSPS) is 15.6. The number of hydrogen-bond donors (Lipinski definition) is 0. The van der Waals surface area contributed by atoms with E-state index in [0.29, 0.717) is 5.78 Å². The Morgan fingerprint density at radius 1 is 1.38 bits per heavy atom. The lowest BCUT2D eigenvalue weighted by Crippen LogP contribution is -2.13. The average Bonchev–Trinajstić information content (AvgIpc) is 2.63. The van der Waals surface area contributed by atoms with Gasteiger partial charge >= 0.3 is 0 Å². The largest absolute Gasteiger partial charge is 0.351 e. The maximum atomic E-state index is 11.7. The Kier molecular flexibility index (Phi) is 3.47. The lowest BCUT2D eigenvalue weighted by molar-refractivity contribution is 0.0971. The maximum absolute atomic E-state index is 11.7. The van der Waals surface area contributed by atoms with Crippen LogP contribution in [0.5, 0.6) is 0 Å². The van der Waals surface area contributed by atoms with Crippen LogP contribution in [0.2, 0.25) is 0 Å². The molecule has 16 heavy (non-hydrogen) atoms. The number of hydrogen-bond acceptors (Lipinski definition) is 1. The number of ketones is 1. The summed E-state index contributed by atoms with van der Waals surface area (Å²) in [4.78, 5) is 11.7. The first-order chi connectivity index (χ1) is 7.68. The van der Waals surface area contributed by atoms with Crippen molar-refractivity contribution in [3.8, 4) is 0 Å². The Morgan fingerprint density at radius 3 is 2.94 bits per heavy atom. The predicted molar refractivity (Wildman–Crippen MR) is 65.8 cm³/mol. The molecule has 1 aromatic heterocycles. The van der Waals surface area contributed by atoms with Gasteiger partial charge in [-0.25, -0.2) is 0 Å². The van der Waals surface area contributed by atoms with Crippen molar-refractivity contribution in [3.05, 3.63) is 23.5 Å². The molecule has 0 atom stereocenters. The second kappa shape index (κ2) is 4.86. The fraction of sp³-hybridized carbons (Fsp3) is 0.643. The molecule has 0 unspecified atom stereocenters. The molecule has 0 spiro atoms. The second-order valence-electron chi connectivity index (χ2n) is 5.18. The van der Waals surface area contributed by atoms with E-state index in [1.807, 2.05) is 6.07 Å². The fourth-order valence-corrected chi connectivity index (χ4v) is 2.47. The molecule has 0 saturated carbocycles. The lowest BCUT2D eigenvalue weighted by atomic mass is 9.97. The first-order valence-corrected chi connectivity index (χ1v) is 6.39. The first-order valence-electron chi connectivity index (χ1n) is 6.39. The smallest absolute Gasteiger partial charge is 0.164 e. The Labute approximate surface area is 97.7 Å². The molecule has 1 aliphatic rings. The Bertz CT molecular complexity index is 376. The van der Waals surface area contributed by atoms with Crippen LogP contribution >= 0.6 is 0 Å². The third-order valence-corrected chi connectivity index (χ3v) is 3.38. The van der Waals surface area contributed by atoms with Gasteiger partial charge in [0.25, 0.3) is 0 Å². The molecule has 2 heteroatoms. The summed E-state index contributed by atoms with van der Waals surface area (Å²) >= 11 is 0. The summed E-state index contributed by atoms with van der Waals surface area (Å²) in [6.45, 7) is 5.59. The van der Waals surface area contributed by atoms with Crippen LogP contribution in [-0.2, 0) is 13.0 Å². The zero-order valence-electron chi connectivity index (χ0n) is 10.3. The van der Waals surface area contributed by atoms with Crippen molar-refractivity contribution in [3.63, 3.8) is 0 Å². The highest BCUT2D eigenvalue weighted by Gasteiger charge is 2.19. The summed E-state index contributed by atoms with van der Waals surface area (Å²) in [6, 6.07) is 2.01. The van der Waals surface area contributed by atoms with Crippen molar-refractivity contribution in [2.24, 2.45) is 5.92 Å². The minimum atomic E-state index is 0.337. The van der Waals surface area contributed by atoms with Crippen molar-refractivity contribution < 1.29 is 4.79 Å². The monoisotopic (exact) mass is 219 g/mol. The standard InChI is InChI=1S/C14H21NO/c1-11(2)5-4-9-15-10-8-12-13(15)6-3-7-14(12)16/h8,10-11H,3-7,9H2,1-2H3. The molecule has 0 N–H and O–H groups in total. The number of nitrogens with zero attached hydrogens (tertiary/aromatic N) is 1. The van der Waals surface area contributed by atoms with Gasteiger partial charge in [-0.1, -0.05) is 13.8 Å². The highest BCUT2D eigenvalue weighted by atomic mass is 16.1. The number of fused-ring (bicyclic) bond motifs is 1. The van der Waals surface area contributed by atoms with Crippen LogP contribution in [0.15, 0.2) is 12.3 Å². The van der Waals surface area contributed by atoms with Crippen LogP contribution in [0, 0.1) is 5.92 Å². The molecule has 1 heterocycles. The number of carbonyl (C=O) groups excluding carboxylic acids is 1. The Morgan fingerprint density at radius 2 is 2.19 bits per heavy atom. The minimum Gasteiger partial charge on any atom is -0.351 e. The Balaban J connectivity index is 2.03. The highest BCUT2D eigenvalue weighted by Crippen LogP contribution is 2.22. The van der Waals surface area contributed by atoms with E-state index in [9.17, 15) is 4.79 Å². The van der Waals surface area contributed by atoms with Gasteiger partial charge in [-0.3, -0.25) is 4.79 Å². The van der Waals surface area contributed by atoms with Crippen molar-refractivity contribution in [2.45, 2.75) is 52.5 Å². The predicted octanol–water partition coefficient (Wildman–Crippen LogP) is 3.44. The molecule has 0 amide bonds. The van der Waals surface area contributed by atoms with Crippen LogP contribution in [0.3, 0.4) is 0 Å². The van der Waals surface area contributed by atoms with E-state index in [0.717, 1.165) is 37.3 Å². The van der Waals surface area contributed by atoms with Crippen LogP contribution in [0.1, 0.15) is 55.6 Å². The summed E-state index contributed by atoms with van der Waals surface area (Å²) in [7, 11) is 0. The molecule has 0 aliphatic heterocycles. The van der Waals surface area contributed by atoms with Crippen molar-refractivity contribution in [1.82, 2.24) is 4.57 Å². The van der Waals surface area contributed by atoms with E-state index in [2.05, 4.69) is 24.6 Å². The summed E-state index contributed by atoms with van der Waals surface area (Å²) in [6.07, 6.45) is 7.42. The molecule has 88 valence electrons. The Hall–Kier alpha value is -1.05. The highest BCUT2D eigenvalue weighted by molar-refractivity contribution is 5.98. The summed E-state index contributed by atoms with van der Waals surface area (Å²) < 4.78 is 2.29. The molecule has 1 aliphatic carbocycles. The fourth-order valence-electron chi connectivity index (χ4n) is 2.47. The third-order valence-electron chi connectivity index (χ3n) is 3.38. The average molecular weight is 219 g/mol. The number of carbonyl (C=O) groups is 1. The van der Waals surface area contributed by atoms with Gasteiger partial charge in [-0.15, -0.1) is 0 Å². The zero-order valence-corrected chi connectivity index (χ0v) is 10.3. The van der Waals surface area contributed by atoms with Gasteiger partial charge in [-0.2, -0.15) is 0 Å². The molecule has 0 radical (unpaired) electrons. The quantitative estimate of drug-likeness (QED) is 0.760. The number of aryl methyl sites for hydroxylation is 1. The van der Waals surface area contributed by atoms with E-state index in [4.69, 9.17) is 0 Å². The van der Waals surface area contributed by atoms with Gasteiger partial charge in [0.15, 0.2) is 5.78 Å². The van der Waals surface area contributed by atoms with Gasteiger partial charge in [0.2, 0.25) is 0 Å². The number of Topliss-reactive ketones (excluding diaryl/α,β-unsaturated/α-hetero) is 1. The summed E-state index contributed by atoms with van der Waals surface area (Å²) in [5.41, 5.74) is 2.26. The molecular weight excluding hydrogens is 198 g/mol. The minimum absolute atomic E-state index is 0.337. The van der Waals surface area contributed by atoms with Gasteiger partial charge < -0.3 is 4.57 Å². The molecule has 2 nitrogen and oxygen atoms in total. The van der Waals surface area contributed by atoms with E-state index in [1.54, 1.807) is 0 Å². The van der Waals surface area contributed by atoms with E-state index >= 15 is 0 Å². The van der Waals surface area contributed by atoms with Crippen molar-refractivity contribution in [1.29, 1.82) is 0 Å². The molecule has 1 aromatic rings. The maximum Gasteiger partial charge on any atom is 0.164 e. The van der Waals surface area contributed by atoms with Gasteiger partial charge in [0.05, 0.1) is 0 Å². The van der Waals surface area contributed by atoms with Crippen LogP contribution in [0.25, 0.3) is 0 Å². The number of aromatic nitrogens is 1. The van der Waals surface area contributed by atoms with Gasteiger partial charge in [0.1, 0.15) is 0 Å². The molecule has 0 bridgehead atoms. The van der Waals surface area contributed by atoms with E-state index in [-0.39, 0.29) is 0 Å². The summed E-state index contributed by atoms with van der Waals surface area (Å²) in [5, 5.41) is 0. The topological polar surface area (TPSA) is 22.0 Å². The molecule has 0 aromatic carbocycles. The SMILES string of the molecule is CC(C)CCCn1ccc2c1CCCC2=O. The molecule has 0 saturated heterocycles. The zero-order chi connectivity index (χ0) is 11.5. The summed E-state index contributed by atoms with van der Waals surface area (Å²) in [5.74, 6) is 1.11. The molecular formula is C14H21NO.